The first kappa shape index (κ1) is 16.4. The normalized spacial score (nSPS) is 14.6. The summed E-state index contributed by atoms with van der Waals surface area (Å²) in [6.45, 7) is 10.0. The lowest BCUT2D eigenvalue weighted by Gasteiger charge is -2.29. The number of unbranched alkanes of at least 4 members (excludes halogenated alkanes) is 1. The van der Waals surface area contributed by atoms with Gasteiger partial charge in [-0.3, -0.25) is 5.32 Å². The van der Waals surface area contributed by atoms with Crippen LogP contribution in [0.25, 0.3) is 0 Å². The smallest absolute Gasteiger partial charge is 0.106 e. The van der Waals surface area contributed by atoms with E-state index in [9.17, 15) is 5.26 Å². The Morgan fingerprint density at radius 2 is 1.88 bits per heavy atom. The average molecular weight is 240 g/mol. The summed E-state index contributed by atoms with van der Waals surface area (Å²) in [5.74, 6) is 0. The highest BCUT2D eigenvalue weighted by molar-refractivity contribution is 5.06. The zero-order valence-electron chi connectivity index (χ0n) is 11.9. The van der Waals surface area contributed by atoms with Gasteiger partial charge in [-0.15, -0.1) is 0 Å². The summed E-state index contributed by atoms with van der Waals surface area (Å²) in [5.41, 5.74) is -0.373. The molecule has 0 aliphatic carbocycles. The van der Waals surface area contributed by atoms with Crippen molar-refractivity contribution in [3.8, 4) is 6.07 Å². The number of nitrogens with one attached hydrogen (secondary N) is 1. The van der Waals surface area contributed by atoms with Gasteiger partial charge in [0.15, 0.2) is 0 Å². The van der Waals surface area contributed by atoms with Gasteiger partial charge in [-0.1, -0.05) is 20.3 Å². The molecule has 0 amide bonds. The second-order valence-corrected chi connectivity index (χ2v) is 4.92. The fourth-order valence-electron chi connectivity index (χ4n) is 1.90. The van der Waals surface area contributed by atoms with E-state index in [-0.39, 0.29) is 5.54 Å². The predicted molar refractivity (Wildman–Crippen MR) is 71.9 cm³/mol. The third kappa shape index (κ3) is 7.36. The average Bonchev–Trinajstić information content (AvgIpc) is 2.31. The van der Waals surface area contributed by atoms with Crippen LogP contribution in [0.5, 0.6) is 0 Å². The molecule has 0 heterocycles. The van der Waals surface area contributed by atoms with Crippen molar-refractivity contribution >= 4 is 0 Å². The summed E-state index contributed by atoms with van der Waals surface area (Å²) < 4.78 is 5.53. The highest BCUT2D eigenvalue weighted by Crippen LogP contribution is 2.17. The standard InChI is InChI=1S/C14H28N2O/c1-5-7-10-17-11-8-9-14(6-2,12-15)16-13(3)4/h13,16H,5-11H2,1-4H3. The summed E-state index contributed by atoms with van der Waals surface area (Å²) in [5, 5.41) is 12.7. The van der Waals surface area contributed by atoms with E-state index in [4.69, 9.17) is 4.74 Å². The van der Waals surface area contributed by atoms with Crippen molar-refractivity contribution in [1.82, 2.24) is 5.32 Å². The molecule has 0 aliphatic heterocycles. The fourth-order valence-corrected chi connectivity index (χ4v) is 1.90. The number of nitrogens with zero attached hydrogens (tertiary/aromatic N) is 1. The Bertz CT molecular complexity index is 223. The molecule has 0 aromatic heterocycles. The van der Waals surface area contributed by atoms with E-state index >= 15 is 0 Å². The van der Waals surface area contributed by atoms with Gasteiger partial charge in [-0.05, 0) is 39.5 Å². The van der Waals surface area contributed by atoms with E-state index in [1.165, 1.54) is 6.42 Å². The molecule has 0 rings (SSSR count). The van der Waals surface area contributed by atoms with Gasteiger partial charge < -0.3 is 4.74 Å². The number of hydrogen-bond acceptors (Lipinski definition) is 3. The zero-order chi connectivity index (χ0) is 13.1. The van der Waals surface area contributed by atoms with Gasteiger partial charge >= 0.3 is 0 Å². The van der Waals surface area contributed by atoms with E-state index in [0.29, 0.717) is 6.04 Å². The molecule has 3 nitrogen and oxygen atoms in total. The molecule has 0 saturated carbocycles. The topological polar surface area (TPSA) is 45.0 Å². The van der Waals surface area contributed by atoms with Crippen LogP contribution < -0.4 is 5.32 Å². The molecule has 1 atom stereocenters. The van der Waals surface area contributed by atoms with Crippen LogP contribution >= 0.6 is 0 Å². The Morgan fingerprint density at radius 1 is 1.24 bits per heavy atom. The molecule has 0 spiro atoms. The lowest BCUT2D eigenvalue weighted by atomic mass is 9.91. The molecule has 0 aromatic carbocycles. The third-order valence-corrected chi connectivity index (χ3v) is 2.92. The largest absolute Gasteiger partial charge is 0.381 e. The highest BCUT2D eigenvalue weighted by Gasteiger charge is 2.27. The molecular formula is C14H28N2O. The Labute approximate surface area is 107 Å². The van der Waals surface area contributed by atoms with E-state index in [2.05, 4.69) is 39.1 Å². The number of nitriles is 1. The van der Waals surface area contributed by atoms with Gasteiger partial charge in [0.05, 0.1) is 6.07 Å². The van der Waals surface area contributed by atoms with Gasteiger partial charge in [-0.25, -0.2) is 0 Å². The van der Waals surface area contributed by atoms with Crippen LogP contribution in [0, 0.1) is 11.3 Å². The van der Waals surface area contributed by atoms with Crippen LogP contribution in [0.2, 0.25) is 0 Å². The maximum Gasteiger partial charge on any atom is 0.106 e. The minimum absolute atomic E-state index is 0.343. The summed E-state index contributed by atoms with van der Waals surface area (Å²) in [4.78, 5) is 0. The maximum atomic E-state index is 9.31. The lowest BCUT2D eigenvalue weighted by Crippen LogP contribution is -2.47. The Hall–Kier alpha value is -0.590. The van der Waals surface area contributed by atoms with Crippen molar-refractivity contribution in [1.29, 1.82) is 5.26 Å². The summed E-state index contributed by atoms with van der Waals surface area (Å²) in [7, 11) is 0. The molecule has 0 aliphatic rings. The van der Waals surface area contributed by atoms with Crippen molar-refractivity contribution in [3.63, 3.8) is 0 Å². The molecule has 3 heteroatoms. The monoisotopic (exact) mass is 240 g/mol. The molecule has 0 saturated heterocycles. The minimum Gasteiger partial charge on any atom is -0.381 e. The number of hydrogen-bond donors (Lipinski definition) is 1. The Balaban J connectivity index is 3.89. The van der Waals surface area contributed by atoms with Gasteiger partial charge in [0.2, 0.25) is 0 Å². The van der Waals surface area contributed by atoms with Crippen LogP contribution in [0.15, 0.2) is 0 Å². The summed E-state index contributed by atoms with van der Waals surface area (Å²) >= 11 is 0. The van der Waals surface area contributed by atoms with E-state index in [1.807, 2.05) is 0 Å². The van der Waals surface area contributed by atoms with Crippen LogP contribution in [0.3, 0.4) is 0 Å². The minimum atomic E-state index is -0.373. The van der Waals surface area contributed by atoms with Gasteiger partial charge in [-0.2, -0.15) is 5.26 Å². The van der Waals surface area contributed by atoms with Crippen molar-refractivity contribution in [3.05, 3.63) is 0 Å². The number of ether oxygens (including phenoxy) is 1. The van der Waals surface area contributed by atoms with Crippen molar-refractivity contribution in [2.24, 2.45) is 0 Å². The van der Waals surface area contributed by atoms with E-state index in [1.54, 1.807) is 0 Å². The van der Waals surface area contributed by atoms with Crippen LogP contribution in [0.1, 0.15) is 59.8 Å². The van der Waals surface area contributed by atoms with Crippen LogP contribution in [0.4, 0.5) is 0 Å². The van der Waals surface area contributed by atoms with Crippen molar-refractivity contribution < 1.29 is 4.74 Å². The lowest BCUT2D eigenvalue weighted by molar-refractivity contribution is 0.121. The molecule has 1 N–H and O–H groups in total. The first-order valence-corrected chi connectivity index (χ1v) is 6.87. The van der Waals surface area contributed by atoms with Gasteiger partial charge in [0.1, 0.15) is 5.54 Å². The quantitative estimate of drug-likeness (QED) is 0.596. The van der Waals surface area contributed by atoms with Crippen molar-refractivity contribution in [2.75, 3.05) is 13.2 Å². The summed E-state index contributed by atoms with van der Waals surface area (Å²) in [6, 6.07) is 2.78. The SMILES string of the molecule is CCCCOCCCC(C#N)(CC)NC(C)C. The number of rotatable bonds is 10. The fraction of sp³-hybridized carbons (Fsp3) is 0.929. The first-order chi connectivity index (χ1) is 8.10. The van der Waals surface area contributed by atoms with Crippen molar-refractivity contribution in [2.45, 2.75) is 71.4 Å². The third-order valence-electron chi connectivity index (χ3n) is 2.92. The second kappa shape index (κ2) is 9.44. The second-order valence-electron chi connectivity index (χ2n) is 4.92. The summed E-state index contributed by atoms with van der Waals surface area (Å²) in [6.07, 6.45) is 4.96. The molecule has 100 valence electrons. The molecular weight excluding hydrogens is 212 g/mol. The van der Waals surface area contributed by atoms with Crippen LogP contribution in [-0.2, 0) is 4.74 Å². The molecule has 17 heavy (non-hydrogen) atoms. The van der Waals surface area contributed by atoms with E-state index in [0.717, 1.165) is 38.9 Å². The Morgan fingerprint density at radius 3 is 2.35 bits per heavy atom. The molecule has 0 fully saturated rings. The maximum absolute atomic E-state index is 9.31. The van der Waals surface area contributed by atoms with Gasteiger partial charge in [0, 0.05) is 19.3 Å². The zero-order valence-corrected chi connectivity index (χ0v) is 11.9. The first-order valence-electron chi connectivity index (χ1n) is 6.87. The predicted octanol–water partition coefficient (Wildman–Crippen LogP) is 3.25. The molecule has 0 radical (unpaired) electrons. The van der Waals surface area contributed by atoms with E-state index < -0.39 is 0 Å². The van der Waals surface area contributed by atoms with Gasteiger partial charge in [0.25, 0.3) is 0 Å². The molecule has 0 aromatic rings. The molecule has 1 unspecified atom stereocenters. The highest BCUT2D eigenvalue weighted by atomic mass is 16.5. The van der Waals surface area contributed by atoms with Crippen LogP contribution in [-0.4, -0.2) is 24.8 Å². The molecule has 0 bridgehead atoms. The Kier molecular flexibility index (Phi) is 9.11.